The molecule has 2 heterocycles. The van der Waals surface area contributed by atoms with E-state index in [2.05, 4.69) is 189 Å². The molecule has 0 saturated carbocycles. The number of aromatic hydroxyl groups is 2. The molecule has 2 aromatic heterocycles. The lowest BCUT2D eigenvalue weighted by Gasteiger charge is -2.35. The zero-order valence-electron chi connectivity index (χ0n) is 51.0. The number of phenolic OH excluding ortho intramolecular Hbond substituents is 2. The molecule has 0 saturated heterocycles. The maximum absolute atomic E-state index is 15.7. The second kappa shape index (κ2) is 20.1. The Morgan fingerprint density at radius 3 is 0.951 bits per heavy atom. The Balaban J connectivity index is 1.01. The molecule has 0 amide bonds. The van der Waals surface area contributed by atoms with Gasteiger partial charge in [-0.2, -0.15) is 0 Å². The number of fused-ring (bicyclic) bond motifs is 6. The van der Waals surface area contributed by atoms with Gasteiger partial charge in [-0.15, -0.1) is 0 Å². The molecule has 2 N–H and O–H groups in total. The highest BCUT2D eigenvalue weighted by atomic mass is 19.1. The summed E-state index contributed by atoms with van der Waals surface area (Å²) < 4.78 is 35.8. The van der Waals surface area contributed by atoms with E-state index in [1.807, 2.05) is 52.2 Å². The molecular weight excluding hydrogens is 1000 g/mol. The van der Waals surface area contributed by atoms with Gasteiger partial charge in [-0.05, 0) is 198 Å². The Bertz CT molecular complexity index is 3700. The summed E-state index contributed by atoms with van der Waals surface area (Å²) >= 11 is 0. The van der Waals surface area contributed by atoms with Crippen LogP contribution in [0, 0.1) is 25.5 Å². The molecule has 0 fully saturated rings. The Kier molecular flexibility index (Phi) is 14.1. The van der Waals surface area contributed by atoms with Crippen LogP contribution in [0.1, 0.15) is 137 Å². The number of aryl methyl sites for hydroxylation is 2. The van der Waals surface area contributed by atoms with Gasteiger partial charge in [0.1, 0.15) is 23.1 Å². The smallest absolute Gasteiger partial charge is 0.147 e. The van der Waals surface area contributed by atoms with Crippen LogP contribution in [-0.2, 0) is 21.7 Å². The number of hydrogen-bond donors (Lipinski definition) is 2. The number of anilines is 2. The Morgan fingerprint density at radius 1 is 0.395 bits per heavy atom. The van der Waals surface area contributed by atoms with Crippen molar-refractivity contribution in [3.63, 3.8) is 0 Å². The van der Waals surface area contributed by atoms with Crippen LogP contribution in [0.2, 0.25) is 0 Å². The fourth-order valence-corrected chi connectivity index (χ4v) is 12.1. The molecule has 0 aliphatic rings. The third-order valence-corrected chi connectivity index (χ3v) is 17.2. The second-order valence-electron chi connectivity index (χ2n) is 27.4. The van der Waals surface area contributed by atoms with E-state index in [1.165, 1.54) is 46.5 Å². The summed E-state index contributed by atoms with van der Waals surface area (Å²) in [6.07, 6.45) is 0.652. The van der Waals surface area contributed by atoms with Gasteiger partial charge in [-0.3, -0.25) is 0 Å². The molecule has 0 aliphatic heterocycles. The van der Waals surface area contributed by atoms with E-state index in [9.17, 15) is 10.2 Å². The largest absolute Gasteiger partial charge is 0.505 e. The SMILES string of the molecule is Cc1cc(-c2cc(F)ccc2N(C)[C@H](C)C[C@H](C)N(C)c2ccc(F)cc2-c2cc(C)cc(-n3c4ccc(C(C)(C)C)cc4c4cc(C(C)(C)C)ccc43)c2O)c(O)c(-n2c3ccc(C(C)(C)C)cc3c3cc(C(C)(C)C)ccc32)c1. The van der Waals surface area contributed by atoms with Crippen molar-refractivity contribution in [2.45, 2.75) is 151 Å². The topological polar surface area (TPSA) is 56.8 Å². The van der Waals surface area contributed by atoms with Gasteiger partial charge < -0.3 is 29.1 Å². The van der Waals surface area contributed by atoms with Crippen LogP contribution in [0.4, 0.5) is 20.2 Å². The first-order chi connectivity index (χ1) is 37.8. The molecule has 10 aromatic rings. The molecule has 8 heteroatoms. The molecule has 0 aliphatic carbocycles. The zero-order chi connectivity index (χ0) is 58.7. The molecule has 420 valence electrons. The predicted octanol–water partition coefficient (Wildman–Crippen LogP) is 19.5. The van der Waals surface area contributed by atoms with E-state index < -0.39 is 11.6 Å². The van der Waals surface area contributed by atoms with Crippen molar-refractivity contribution in [1.29, 1.82) is 0 Å². The molecule has 6 nitrogen and oxygen atoms in total. The molecule has 0 unspecified atom stereocenters. The standard InChI is InChI=1S/C73H82F2N4O2/c1-42-31-58(68(80)66(33-42)78-62-25-19-46(70(5,6)7)36-52(62)53-37-47(71(8,9)10)20-26-63(53)78)56-40-50(74)23-29-60(56)76(17)44(3)35-45(4)77(18)61-30-24-51(75)41-57(61)59-32-43(2)34-67(69(59)81)79-64-27-21-48(72(11,12)13)38-54(64)55-39-49(73(14,15)16)22-28-65(55)79/h19-34,36-41,44-45,80-81H,35H2,1-18H3/t44-,45+. The fraction of sp³-hybridized carbons (Fsp3) is 0.342. The molecule has 0 bridgehead atoms. The maximum Gasteiger partial charge on any atom is 0.147 e. The third-order valence-electron chi connectivity index (χ3n) is 17.2. The minimum absolute atomic E-state index is 0.0640. The summed E-state index contributed by atoms with van der Waals surface area (Å²) in [4.78, 5) is 4.32. The molecule has 8 aromatic carbocycles. The van der Waals surface area contributed by atoms with Crippen LogP contribution in [0.5, 0.6) is 11.5 Å². The van der Waals surface area contributed by atoms with E-state index in [0.717, 1.165) is 66.1 Å². The Hall–Kier alpha value is -7.58. The summed E-state index contributed by atoms with van der Waals surface area (Å²) in [7, 11) is 4.04. The summed E-state index contributed by atoms with van der Waals surface area (Å²) in [6, 6.07) is 44.0. The molecule has 10 rings (SSSR count). The molecular formula is C73H82F2N4O2. The van der Waals surface area contributed by atoms with Gasteiger partial charge in [0.15, 0.2) is 0 Å². The number of phenols is 2. The van der Waals surface area contributed by atoms with Gasteiger partial charge in [-0.1, -0.05) is 107 Å². The van der Waals surface area contributed by atoms with Gasteiger partial charge >= 0.3 is 0 Å². The minimum Gasteiger partial charge on any atom is -0.505 e. The van der Waals surface area contributed by atoms with E-state index in [4.69, 9.17) is 0 Å². The van der Waals surface area contributed by atoms with Crippen molar-refractivity contribution in [1.82, 2.24) is 9.13 Å². The first-order valence-electron chi connectivity index (χ1n) is 28.7. The fourth-order valence-electron chi connectivity index (χ4n) is 12.1. The summed E-state index contributed by atoms with van der Waals surface area (Å²) in [5.74, 6) is -0.677. The average Bonchev–Trinajstić information content (AvgIpc) is 4.11. The minimum atomic E-state index is -0.402. The van der Waals surface area contributed by atoms with Gasteiger partial charge in [-0.25, -0.2) is 8.78 Å². The van der Waals surface area contributed by atoms with Crippen LogP contribution in [-0.4, -0.2) is 45.5 Å². The van der Waals surface area contributed by atoms with E-state index >= 15 is 8.78 Å². The monoisotopic (exact) mass is 1080 g/mol. The van der Waals surface area contributed by atoms with E-state index in [-0.39, 0.29) is 45.2 Å². The average molecular weight is 1090 g/mol. The summed E-state index contributed by atoms with van der Waals surface area (Å²) in [5.41, 5.74) is 15.4. The lowest BCUT2D eigenvalue weighted by atomic mass is 9.85. The number of rotatable bonds is 10. The number of halogens is 2. The van der Waals surface area contributed by atoms with Crippen molar-refractivity contribution in [3.05, 3.63) is 178 Å². The second-order valence-corrected chi connectivity index (χ2v) is 27.4. The van der Waals surface area contributed by atoms with Crippen LogP contribution in [0.3, 0.4) is 0 Å². The first kappa shape index (κ1) is 56.7. The van der Waals surface area contributed by atoms with Gasteiger partial charge in [0.25, 0.3) is 0 Å². The molecule has 2 atom stereocenters. The van der Waals surface area contributed by atoms with E-state index in [1.54, 1.807) is 12.1 Å². The number of aromatic nitrogens is 2. The normalized spacial score (nSPS) is 13.5. The third kappa shape index (κ3) is 10.3. The van der Waals surface area contributed by atoms with Crippen LogP contribution in [0.15, 0.2) is 133 Å². The molecule has 0 radical (unpaired) electrons. The van der Waals surface area contributed by atoms with Crippen LogP contribution < -0.4 is 9.80 Å². The van der Waals surface area contributed by atoms with E-state index in [0.29, 0.717) is 40.0 Å². The van der Waals surface area contributed by atoms with Gasteiger partial charge in [0, 0.05) is 81.4 Å². The van der Waals surface area contributed by atoms with Gasteiger partial charge in [0.05, 0.1) is 33.4 Å². The predicted molar refractivity (Wildman–Crippen MR) is 340 cm³/mol. The lowest BCUT2D eigenvalue weighted by molar-refractivity contribution is 0.474. The van der Waals surface area contributed by atoms with Crippen molar-refractivity contribution >= 4 is 55.0 Å². The highest BCUT2D eigenvalue weighted by molar-refractivity contribution is 6.11. The quantitative estimate of drug-likeness (QED) is 0.143. The Morgan fingerprint density at radius 2 is 0.679 bits per heavy atom. The molecule has 0 spiro atoms. The lowest BCUT2D eigenvalue weighted by Crippen LogP contribution is -2.38. The van der Waals surface area contributed by atoms with Crippen molar-refractivity contribution < 1.29 is 19.0 Å². The van der Waals surface area contributed by atoms with Crippen molar-refractivity contribution in [2.24, 2.45) is 0 Å². The number of hydrogen-bond acceptors (Lipinski definition) is 4. The van der Waals surface area contributed by atoms with Crippen LogP contribution >= 0.6 is 0 Å². The maximum atomic E-state index is 15.7. The summed E-state index contributed by atoms with van der Waals surface area (Å²) in [5, 5.41) is 29.9. The van der Waals surface area contributed by atoms with Crippen molar-refractivity contribution in [3.8, 4) is 45.1 Å². The molecule has 81 heavy (non-hydrogen) atoms. The van der Waals surface area contributed by atoms with Gasteiger partial charge in [0.2, 0.25) is 0 Å². The highest BCUT2D eigenvalue weighted by Gasteiger charge is 2.29. The number of benzene rings is 8. The Labute approximate surface area is 479 Å². The first-order valence-corrected chi connectivity index (χ1v) is 28.7. The van der Waals surface area contributed by atoms with Crippen LogP contribution in [0.25, 0.3) is 77.2 Å². The zero-order valence-corrected chi connectivity index (χ0v) is 51.0. The van der Waals surface area contributed by atoms with Crippen molar-refractivity contribution in [2.75, 3.05) is 23.9 Å². The summed E-state index contributed by atoms with van der Waals surface area (Å²) in [6.45, 7) is 35.1. The highest BCUT2D eigenvalue weighted by Crippen LogP contribution is 2.48. The number of nitrogens with zero attached hydrogens (tertiary/aromatic N) is 4.